The molecular formula is C13H13N3. The van der Waals surface area contributed by atoms with Crippen LogP contribution in [0, 0.1) is 11.3 Å². The molecule has 0 bridgehead atoms. The van der Waals surface area contributed by atoms with E-state index in [1.54, 1.807) is 0 Å². The van der Waals surface area contributed by atoms with Crippen LogP contribution in [0.3, 0.4) is 0 Å². The van der Waals surface area contributed by atoms with Gasteiger partial charge in [-0.15, -0.1) is 0 Å². The minimum Gasteiger partial charge on any atom is -0.192 e. The van der Waals surface area contributed by atoms with Crippen molar-refractivity contribution in [2.24, 2.45) is 0 Å². The van der Waals surface area contributed by atoms with E-state index in [9.17, 15) is 5.26 Å². The number of fused-ring (bicyclic) bond motifs is 1. The fraction of sp³-hybridized carbons (Fsp3) is 0.308. The number of hydrogen-bond acceptors (Lipinski definition) is 3. The third-order valence-corrected chi connectivity index (χ3v) is 2.62. The van der Waals surface area contributed by atoms with Crippen LogP contribution in [-0.4, -0.2) is 10.2 Å². The Labute approximate surface area is 94.7 Å². The van der Waals surface area contributed by atoms with Crippen molar-refractivity contribution in [2.45, 2.75) is 26.2 Å². The average Bonchev–Trinajstić information content (AvgIpc) is 2.35. The van der Waals surface area contributed by atoms with E-state index in [2.05, 4.69) is 23.2 Å². The molecule has 80 valence electrons. The molecule has 0 saturated carbocycles. The number of nitrogens with zero attached hydrogens (tertiary/aromatic N) is 3. The van der Waals surface area contributed by atoms with Gasteiger partial charge in [0.25, 0.3) is 0 Å². The van der Waals surface area contributed by atoms with E-state index < -0.39 is 0 Å². The zero-order chi connectivity index (χ0) is 11.4. The summed E-state index contributed by atoms with van der Waals surface area (Å²) in [5, 5.41) is 18.4. The molecule has 0 amide bonds. The van der Waals surface area contributed by atoms with Crippen LogP contribution in [0.15, 0.2) is 24.3 Å². The van der Waals surface area contributed by atoms with Gasteiger partial charge in [0.1, 0.15) is 6.07 Å². The Kier molecular flexibility index (Phi) is 3.11. The highest BCUT2D eigenvalue weighted by Crippen LogP contribution is 2.18. The Morgan fingerprint density at radius 1 is 1.25 bits per heavy atom. The first-order chi connectivity index (χ1) is 7.86. The van der Waals surface area contributed by atoms with Crippen molar-refractivity contribution in [3.05, 3.63) is 35.5 Å². The summed E-state index contributed by atoms with van der Waals surface area (Å²) in [5.41, 5.74) is 2.29. The molecule has 0 aliphatic carbocycles. The molecular weight excluding hydrogens is 198 g/mol. The summed E-state index contributed by atoms with van der Waals surface area (Å²) >= 11 is 0. The lowest BCUT2D eigenvalue weighted by atomic mass is 10.0. The summed E-state index contributed by atoms with van der Waals surface area (Å²) in [6.07, 6.45) is 2.97. The summed E-state index contributed by atoms with van der Waals surface area (Å²) in [4.78, 5) is 0. The SMILES string of the molecule is CCCCc1nnc2ccccc2c1C#N. The molecule has 2 rings (SSSR count). The van der Waals surface area contributed by atoms with Crippen molar-refractivity contribution < 1.29 is 0 Å². The van der Waals surface area contributed by atoms with Crippen LogP contribution >= 0.6 is 0 Å². The van der Waals surface area contributed by atoms with Crippen molar-refractivity contribution in [3.8, 4) is 6.07 Å². The molecule has 0 N–H and O–H groups in total. The van der Waals surface area contributed by atoms with Gasteiger partial charge in [0.2, 0.25) is 0 Å². The largest absolute Gasteiger partial charge is 0.192 e. The molecule has 2 aromatic rings. The van der Waals surface area contributed by atoms with Crippen molar-refractivity contribution in [1.29, 1.82) is 5.26 Å². The highest BCUT2D eigenvalue weighted by atomic mass is 15.1. The molecule has 0 radical (unpaired) electrons. The van der Waals surface area contributed by atoms with E-state index in [1.165, 1.54) is 0 Å². The van der Waals surface area contributed by atoms with E-state index >= 15 is 0 Å². The molecule has 1 aromatic carbocycles. The van der Waals surface area contributed by atoms with Crippen LogP contribution in [-0.2, 0) is 6.42 Å². The predicted molar refractivity (Wildman–Crippen MR) is 62.9 cm³/mol. The maximum atomic E-state index is 9.20. The summed E-state index contributed by atoms with van der Waals surface area (Å²) < 4.78 is 0. The fourth-order valence-electron chi connectivity index (χ4n) is 1.74. The van der Waals surface area contributed by atoms with Crippen molar-refractivity contribution in [1.82, 2.24) is 10.2 Å². The topological polar surface area (TPSA) is 49.6 Å². The Hall–Kier alpha value is -1.95. The summed E-state index contributed by atoms with van der Waals surface area (Å²) in [7, 11) is 0. The third-order valence-electron chi connectivity index (χ3n) is 2.62. The van der Waals surface area contributed by atoms with Gasteiger partial charge in [-0.3, -0.25) is 0 Å². The summed E-state index contributed by atoms with van der Waals surface area (Å²) in [5.74, 6) is 0. The predicted octanol–water partition coefficient (Wildman–Crippen LogP) is 2.84. The smallest absolute Gasteiger partial charge is 0.102 e. The minimum absolute atomic E-state index is 0.680. The molecule has 3 nitrogen and oxygen atoms in total. The van der Waals surface area contributed by atoms with E-state index in [0.717, 1.165) is 35.9 Å². The monoisotopic (exact) mass is 211 g/mol. The Bertz CT molecular complexity index is 540. The molecule has 0 atom stereocenters. The standard InChI is InChI=1S/C13H13N3/c1-2-3-7-13-11(9-14)10-6-4-5-8-12(10)15-16-13/h4-6,8H,2-3,7H2,1H3. The first-order valence-electron chi connectivity index (χ1n) is 5.51. The quantitative estimate of drug-likeness (QED) is 0.784. The van der Waals surface area contributed by atoms with E-state index in [1.807, 2.05) is 24.3 Å². The zero-order valence-corrected chi connectivity index (χ0v) is 9.27. The Morgan fingerprint density at radius 3 is 2.81 bits per heavy atom. The van der Waals surface area contributed by atoms with Crippen LogP contribution in [0.1, 0.15) is 31.0 Å². The van der Waals surface area contributed by atoms with Crippen LogP contribution in [0.4, 0.5) is 0 Å². The number of nitriles is 1. The molecule has 0 spiro atoms. The molecule has 0 aliphatic rings. The number of aromatic nitrogens is 2. The van der Waals surface area contributed by atoms with Crippen molar-refractivity contribution >= 4 is 10.9 Å². The molecule has 0 aliphatic heterocycles. The van der Waals surface area contributed by atoms with Gasteiger partial charge in [-0.05, 0) is 18.9 Å². The maximum absolute atomic E-state index is 9.20. The van der Waals surface area contributed by atoms with Crippen LogP contribution in [0.2, 0.25) is 0 Å². The van der Waals surface area contributed by atoms with Gasteiger partial charge in [0.05, 0.1) is 16.8 Å². The maximum Gasteiger partial charge on any atom is 0.102 e. The zero-order valence-electron chi connectivity index (χ0n) is 9.27. The van der Waals surface area contributed by atoms with Crippen LogP contribution in [0.5, 0.6) is 0 Å². The first-order valence-corrected chi connectivity index (χ1v) is 5.51. The second kappa shape index (κ2) is 4.71. The van der Waals surface area contributed by atoms with Gasteiger partial charge in [-0.2, -0.15) is 15.5 Å². The van der Waals surface area contributed by atoms with Crippen molar-refractivity contribution in [3.63, 3.8) is 0 Å². The molecule has 1 aromatic heterocycles. The van der Waals surface area contributed by atoms with E-state index in [4.69, 9.17) is 0 Å². The van der Waals surface area contributed by atoms with Gasteiger partial charge >= 0.3 is 0 Å². The molecule has 0 saturated heterocycles. The normalized spacial score (nSPS) is 10.2. The van der Waals surface area contributed by atoms with E-state index in [0.29, 0.717) is 5.56 Å². The van der Waals surface area contributed by atoms with Gasteiger partial charge in [-0.1, -0.05) is 31.5 Å². The third kappa shape index (κ3) is 1.87. The van der Waals surface area contributed by atoms with Gasteiger partial charge in [-0.25, -0.2) is 0 Å². The minimum atomic E-state index is 0.680. The first kappa shape index (κ1) is 10.6. The molecule has 1 heterocycles. The van der Waals surface area contributed by atoms with Gasteiger partial charge in [0.15, 0.2) is 0 Å². The number of aryl methyl sites for hydroxylation is 1. The molecule has 16 heavy (non-hydrogen) atoms. The molecule has 3 heteroatoms. The van der Waals surface area contributed by atoms with E-state index in [-0.39, 0.29) is 0 Å². The second-order valence-corrected chi connectivity index (χ2v) is 3.75. The van der Waals surface area contributed by atoms with Crippen LogP contribution < -0.4 is 0 Å². The number of unbranched alkanes of at least 4 members (excludes halogenated alkanes) is 1. The number of hydrogen-bond donors (Lipinski definition) is 0. The lowest BCUT2D eigenvalue weighted by Gasteiger charge is -2.04. The lowest BCUT2D eigenvalue weighted by Crippen LogP contribution is -1.99. The lowest BCUT2D eigenvalue weighted by molar-refractivity contribution is 0.762. The number of benzene rings is 1. The van der Waals surface area contributed by atoms with Gasteiger partial charge in [0, 0.05) is 5.39 Å². The van der Waals surface area contributed by atoms with Crippen molar-refractivity contribution in [2.75, 3.05) is 0 Å². The van der Waals surface area contributed by atoms with Crippen LogP contribution in [0.25, 0.3) is 10.9 Å². The summed E-state index contributed by atoms with van der Waals surface area (Å²) in [6.45, 7) is 2.13. The van der Waals surface area contributed by atoms with Gasteiger partial charge < -0.3 is 0 Å². The Morgan fingerprint density at radius 2 is 2.06 bits per heavy atom. The number of rotatable bonds is 3. The molecule has 0 fully saturated rings. The molecule has 0 unspecified atom stereocenters. The average molecular weight is 211 g/mol. The Balaban J connectivity index is 2.55. The summed E-state index contributed by atoms with van der Waals surface area (Å²) in [6, 6.07) is 9.89. The highest BCUT2D eigenvalue weighted by molar-refractivity contribution is 5.84. The fourth-order valence-corrected chi connectivity index (χ4v) is 1.74. The second-order valence-electron chi connectivity index (χ2n) is 3.75. The highest BCUT2D eigenvalue weighted by Gasteiger charge is 2.08.